The van der Waals surface area contributed by atoms with Gasteiger partial charge in [-0.3, -0.25) is 4.84 Å². The molecule has 2 aliphatic rings. The van der Waals surface area contributed by atoms with E-state index in [0.717, 1.165) is 17.5 Å². The van der Waals surface area contributed by atoms with Crippen LogP contribution in [0.4, 0.5) is 0 Å². The van der Waals surface area contributed by atoms with Gasteiger partial charge in [0.2, 0.25) is 10.0 Å². The largest absolute Gasteiger partial charge is 0.297 e. The van der Waals surface area contributed by atoms with Gasteiger partial charge in [0.25, 0.3) is 0 Å². The van der Waals surface area contributed by atoms with Gasteiger partial charge in [0.1, 0.15) is 5.25 Å². The summed E-state index contributed by atoms with van der Waals surface area (Å²) in [6, 6.07) is 16.1. The predicted octanol–water partition coefficient (Wildman–Crippen LogP) is 3.48. The first-order valence-corrected chi connectivity index (χ1v) is 11.4. The van der Waals surface area contributed by atoms with E-state index in [9.17, 15) is 8.42 Å². The van der Waals surface area contributed by atoms with Gasteiger partial charge < -0.3 is 0 Å². The molecule has 2 heterocycles. The van der Waals surface area contributed by atoms with Crippen LogP contribution in [-0.2, 0) is 27.8 Å². The van der Waals surface area contributed by atoms with Crippen molar-refractivity contribution in [3.63, 3.8) is 0 Å². The molecule has 0 aromatic heterocycles. The molecular weight excluding hydrogens is 372 g/mol. The van der Waals surface area contributed by atoms with Crippen LogP contribution in [0.2, 0.25) is 0 Å². The van der Waals surface area contributed by atoms with Crippen molar-refractivity contribution in [2.24, 2.45) is 0 Å². The predicted molar refractivity (Wildman–Crippen MR) is 110 cm³/mol. The Hall–Kier alpha value is -1.73. The summed E-state index contributed by atoms with van der Waals surface area (Å²) in [5.41, 5.74) is 4.57. The number of sulfonamides is 1. The quantitative estimate of drug-likeness (QED) is 0.788. The molecule has 2 aromatic carbocycles. The van der Waals surface area contributed by atoms with E-state index in [2.05, 4.69) is 32.0 Å². The molecule has 2 unspecified atom stereocenters. The fraction of sp³-hybridized carbons (Fsp3) is 0.455. The fourth-order valence-electron chi connectivity index (χ4n) is 4.23. The highest BCUT2D eigenvalue weighted by molar-refractivity contribution is 7.89. The van der Waals surface area contributed by atoms with Crippen molar-refractivity contribution < 1.29 is 13.3 Å². The summed E-state index contributed by atoms with van der Waals surface area (Å²) in [6.45, 7) is 5.46. The molecule has 150 valence electrons. The Balaban J connectivity index is 1.61. The van der Waals surface area contributed by atoms with Gasteiger partial charge in [-0.05, 0) is 34.6 Å². The first-order chi connectivity index (χ1) is 13.4. The summed E-state index contributed by atoms with van der Waals surface area (Å²) in [6.07, 6.45) is 0.757. The molecule has 0 saturated carbocycles. The lowest BCUT2D eigenvalue weighted by atomic mass is 9.98. The number of benzene rings is 2. The standard InChI is InChI=1S/C22H28N2O3S/c1-16(2)17-8-10-19(11-9-17)22-21(15-27-23(22)3)28(25,26)24-13-12-18-6-4-5-7-20(18)14-24/h4-11,16,21-22H,12-15H2,1-3H3. The monoisotopic (exact) mass is 400 g/mol. The SMILES string of the molecule is CC(C)c1ccc(C2C(S(=O)(=O)N3CCc4ccccc4C3)CON2C)cc1. The van der Waals surface area contributed by atoms with Crippen molar-refractivity contribution in [3.05, 3.63) is 70.8 Å². The highest BCUT2D eigenvalue weighted by Crippen LogP contribution is 2.36. The van der Waals surface area contributed by atoms with Crippen molar-refractivity contribution in [3.8, 4) is 0 Å². The summed E-state index contributed by atoms with van der Waals surface area (Å²) in [5.74, 6) is 0.444. The third-order valence-electron chi connectivity index (χ3n) is 5.97. The van der Waals surface area contributed by atoms with Crippen LogP contribution in [0.3, 0.4) is 0 Å². The molecule has 1 saturated heterocycles. The van der Waals surface area contributed by atoms with Gasteiger partial charge in [-0.2, -0.15) is 9.37 Å². The van der Waals surface area contributed by atoms with Gasteiger partial charge in [-0.15, -0.1) is 0 Å². The number of hydroxylamine groups is 2. The zero-order valence-corrected chi connectivity index (χ0v) is 17.5. The molecular formula is C22H28N2O3S. The minimum absolute atomic E-state index is 0.188. The molecule has 28 heavy (non-hydrogen) atoms. The molecule has 2 atom stereocenters. The number of hydrogen-bond donors (Lipinski definition) is 0. The molecule has 2 aliphatic heterocycles. The van der Waals surface area contributed by atoms with Crippen molar-refractivity contribution >= 4 is 10.0 Å². The van der Waals surface area contributed by atoms with Gasteiger partial charge in [-0.25, -0.2) is 8.42 Å². The van der Waals surface area contributed by atoms with Gasteiger partial charge in [0.15, 0.2) is 0 Å². The zero-order valence-electron chi connectivity index (χ0n) is 16.7. The Morgan fingerprint density at radius 2 is 1.71 bits per heavy atom. The topological polar surface area (TPSA) is 49.9 Å². The van der Waals surface area contributed by atoms with Crippen LogP contribution < -0.4 is 0 Å². The van der Waals surface area contributed by atoms with Crippen molar-refractivity contribution in [1.29, 1.82) is 0 Å². The molecule has 5 nitrogen and oxygen atoms in total. The molecule has 0 bridgehead atoms. The van der Waals surface area contributed by atoms with E-state index in [0.29, 0.717) is 19.0 Å². The number of rotatable bonds is 4. The van der Waals surface area contributed by atoms with Crippen molar-refractivity contribution in [2.45, 2.75) is 44.0 Å². The fourth-order valence-corrected chi connectivity index (χ4v) is 6.16. The molecule has 2 aromatic rings. The Morgan fingerprint density at radius 1 is 1.04 bits per heavy atom. The van der Waals surface area contributed by atoms with Crippen LogP contribution in [0.1, 0.15) is 48.1 Å². The smallest absolute Gasteiger partial charge is 0.221 e. The summed E-state index contributed by atoms with van der Waals surface area (Å²) in [5, 5.41) is 1.09. The summed E-state index contributed by atoms with van der Waals surface area (Å²) in [7, 11) is -1.67. The second-order valence-corrected chi connectivity index (χ2v) is 10.2. The zero-order chi connectivity index (χ0) is 19.9. The van der Waals surface area contributed by atoms with Gasteiger partial charge in [0, 0.05) is 20.1 Å². The minimum Gasteiger partial charge on any atom is -0.297 e. The van der Waals surface area contributed by atoms with E-state index in [1.165, 1.54) is 11.1 Å². The van der Waals surface area contributed by atoms with E-state index in [1.807, 2.05) is 37.4 Å². The van der Waals surface area contributed by atoms with Crippen molar-refractivity contribution in [2.75, 3.05) is 20.2 Å². The maximum atomic E-state index is 13.5. The molecule has 1 fully saturated rings. The highest BCUT2D eigenvalue weighted by Gasteiger charge is 2.46. The van der Waals surface area contributed by atoms with E-state index >= 15 is 0 Å². The Kier molecular flexibility index (Phi) is 5.31. The van der Waals surface area contributed by atoms with Crippen LogP contribution in [0.5, 0.6) is 0 Å². The maximum absolute atomic E-state index is 13.5. The second kappa shape index (κ2) is 7.59. The van der Waals surface area contributed by atoms with Crippen LogP contribution in [-0.4, -0.2) is 43.2 Å². The van der Waals surface area contributed by atoms with Crippen LogP contribution in [0.15, 0.2) is 48.5 Å². The van der Waals surface area contributed by atoms with Gasteiger partial charge in [0.05, 0.1) is 12.6 Å². The third kappa shape index (κ3) is 3.50. The lowest BCUT2D eigenvalue weighted by molar-refractivity contribution is -0.110. The minimum atomic E-state index is -3.49. The first-order valence-electron chi connectivity index (χ1n) is 9.89. The van der Waals surface area contributed by atoms with Gasteiger partial charge in [-0.1, -0.05) is 62.4 Å². The molecule has 0 radical (unpaired) electrons. The van der Waals surface area contributed by atoms with E-state index in [4.69, 9.17) is 4.84 Å². The average molecular weight is 401 g/mol. The van der Waals surface area contributed by atoms with E-state index < -0.39 is 15.3 Å². The molecule has 0 aliphatic carbocycles. The molecule has 6 heteroatoms. The van der Waals surface area contributed by atoms with E-state index in [1.54, 1.807) is 9.37 Å². The van der Waals surface area contributed by atoms with Gasteiger partial charge >= 0.3 is 0 Å². The van der Waals surface area contributed by atoms with Crippen molar-refractivity contribution in [1.82, 2.24) is 9.37 Å². The highest BCUT2D eigenvalue weighted by atomic mass is 32.2. The molecule has 0 amide bonds. The van der Waals surface area contributed by atoms with Crippen LogP contribution >= 0.6 is 0 Å². The Bertz CT molecular complexity index is 941. The molecule has 0 N–H and O–H groups in total. The maximum Gasteiger partial charge on any atom is 0.221 e. The first kappa shape index (κ1) is 19.6. The number of hydrogen-bond acceptors (Lipinski definition) is 4. The Morgan fingerprint density at radius 3 is 2.39 bits per heavy atom. The Labute approximate surface area is 167 Å². The third-order valence-corrected chi connectivity index (χ3v) is 8.16. The number of nitrogens with zero attached hydrogens (tertiary/aromatic N) is 2. The summed E-state index contributed by atoms with van der Waals surface area (Å²) in [4.78, 5) is 5.68. The van der Waals surface area contributed by atoms with Crippen LogP contribution in [0.25, 0.3) is 0 Å². The summed E-state index contributed by atoms with van der Waals surface area (Å²) >= 11 is 0. The second-order valence-electron chi connectivity index (χ2n) is 8.04. The lowest BCUT2D eigenvalue weighted by Gasteiger charge is -2.32. The van der Waals surface area contributed by atoms with E-state index in [-0.39, 0.29) is 12.6 Å². The molecule has 0 spiro atoms. The normalized spacial score (nSPS) is 23.9. The lowest BCUT2D eigenvalue weighted by Crippen LogP contribution is -2.44. The summed E-state index contributed by atoms with van der Waals surface area (Å²) < 4.78 is 28.7. The molecule has 4 rings (SSSR count). The van der Waals surface area contributed by atoms with Crippen LogP contribution in [0, 0.1) is 0 Å². The average Bonchev–Trinajstić information content (AvgIpc) is 3.10. The number of fused-ring (bicyclic) bond motifs is 1.